The topological polar surface area (TPSA) is 56.0 Å². The predicted octanol–water partition coefficient (Wildman–Crippen LogP) is 1.04. The summed E-state index contributed by atoms with van der Waals surface area (Å²) in [6.45, 7) is 0. The van der Waals surface area contributed by atoms with Crippen molar-refractivity contribution in [3.8, 4) is 0 Å². The maximum Gasteiger partial charge on any atom is 0.229 e. The van der Waals surface area contributed by atoms with Crippen LogP contribution in [0.2, 0.25) is 0 Å². The standard InChI is InChI=1S/C7H4N2O2/c10-3-6-1-5-2-8-4-9-7(5)11-6/h1-4H. The van der Waals surface area contributed by atoms with Crippen molar-refractivity contribution in [2.24, 2.45) is 0 Å². The number of aldehydes is 1. The van der Waals surface area contributed by atoms with Gasteiger partial charge in [-0.25, -0.2) is 9.97 Å². The number of nitrogens with zero attached hydrogens (tertiary/aromatic N) is 2. The summed E-state index contributed by atoms with van der Waals surface area (Å²) >= 11 is 0. The van der Waals surface area contributed by atoms with Gasteiger partial charge in [-0.05, 0) is 6.07 Å². The monoisotopic (exact) mass is 148 g/mol. The van der Waals surface area contributed by atoms with Crippen molar-refractivity contribution >= 4 is 17.4 Å². The average Bonchev–Trinajstić information content (AvgIpc) is 2.46. The molecular weight excluding hydrogens is 144 g/mol. The molecule has 0 unspecified atom stereocenters. The Morgan fingerprint density at radius 1 is 1.55 bits per heavy atom. The minimum absolute atomic E-state index is 0.278. The van der Waals surface area contributed by atoms with Gasteiger partial charge in [0.05, 0.1) is 5.39 Å². The zero-order valence-electron chi connectivity index (χ0n) is 5.52. The van der Waals surface area contributed by atoms with Crippen molar-refractivity contribution in [3.05, 3.63) is 24.4 Å². The van der Waals surface area contributed by atoms with Gasteiger partial charge in [0.2, 0.25) is 5.71 Å². The largest absolute Gasteiger partial charge is 0.435 e. The van der Waals surface area contributed by atoms with Crippen LogP contribution < -0.4 is 0 Å². The first kappa shape index (κ1) is 6.03. The molecule has 2 heterocycles. The van der Waals surface area contributed by atoms with Crippen LogP contribution in [-0.4, -0.2) is 16.3 Å². The molecule has 4 heteroatoms. The van der Waals surface area contributed by atoms with Gasteiger partial charge in [-0.1, -0.05) is 0 Å². The molecule has 4 nitrogen and oxygen atoms in total. The van der Waals surface area contributed by atoms with E-state index in [1.54, 1.807) is 12.3 Å². The van der Waals surface area contributed by atoms with Crippen LogP contribution in [0.25, 0.3) is 11.1 Å². The number of fused-ring (bicyclic) bond motifs is 1. The van der Waals surface area contributed by atoms with Crippen LogP contribution in [0.4, 0.5) is 0 Å². The highest BCUT2D eigenvalue weighted by atomic mass is 16.3. The Labute approximate surface area is 61.9 Å². The van der Waals surface area contributed by atoms with Crippen LogP contribution in [0.5, 0.6) is 0 Å². The Balaban J connectivity index is 2.78. The summed E-state index contributed by atoms with van der Waals surface area (Å²) in [7, 11) is 0. The molecule has 0 fully saturated rings. The van der Waals surface area contributed by atoms with Crippen LogP contribution in [0.15, 0.2) is 23.0 Å². The van der Waals surface area contributed by atoms with E-state index in [0.717, 1.165) is 5.39 Å². The lowest BCUT2D eigenvalue weighted by Crippen LogP contribution is -1.72. The van der Waals surface area contributed by atoms with Gasteiger partial charge in [0.25, 0.3) is 0 Å². The minimum Gasteiger partial charge on any atom is -0.435 e. The Hall–Kier alpha value is -1.71. The Bertz CT molecular complexity index is 361. The molecule has 2 aromatic heterocycles. The van der Waals surface area contributed by atoms with Gasteiger partial charge >= 0.3 is 0 Å². The van der Waals surface area contributed by atoms with Crippen LogP contribution in [0, 0.1) is 0 Å². The fourth-order valence-corrected chi connectivity index (χ4v) is 0.866. The number of hydrogen-bond donors (Lipinski definition) is 0. The summed E-state index contributed by atoms with van der Waals surface area (Å²) in [4.78, 5) is 17.8. The number of carbonyl (C=O) groups is 1. The van der Waals surface area contributed by atoms with Gasteiger partial charge in [0.1, 0.15) is 6.33 Å². The van der Waals surface area contributed by atoms with Crippen LogP contribution in [0.3, 0.4) is 0 Å². The predicted molar refractivity (Wildman–Crippen MR) is 37.2 cm³/mol. The second-order valence-electron chi connectivity index (χ2n) is 2.05. The first-order valence-corrected chi connectivity index (χ1v) is 3.05. The molecule has 0 saturated heterocycles. The summed E-state index contributed by atoms with van der Waals surface area (Å²) in [5.41, 5.74) is 0.446. The van der Waals surface area contributed by atoms with Gasteiger partial charge in [0, 0.05) is 6.20 Å². The van der Waals surface area contributed by atoms with E-state index in [-0.39, 0.29) is 5.76 Å². The van der Waals surface area contributed by atoms with Gasteiger partial charge in [0.15, 0.2) is 12.0 Å². The zero-order valence-corrected chi connectivity index (χ0v) is 5.52. The highest BCUT2D eigenvalue weighted by molar-refractivity contribution is 5.82. The molecule has 0 aliphatic heterocycles. The van der Waals surface area contributed by atoms with Crippen molar-refractivity contribution in [3.63, 3.8) is 0 Å². The fraction of sp³-hybridized carbons (Fsp3) is 0. The molecule has 0 N–H and O–H groups in total. The van der Waals surface area contributed by atoms with Gasteiger partial charge in [-0.3, -0.25) is 4.79 Å². The van der Waals surface area contributed by atoms with Crippen LogP contribution >= 0.6 is 0 Å². The molecular formula is C7H4N2O2. The molecule has 0 saturated carbocycles. The highest BCUT2D eigenvalue weighted by Crippen LogP contribution is 2.13. The quantitative estimate of drug-likeness (QED) is 0.567. The average molecular weight is 148 g/mol. The smallest absolute Gasteiger partial charge is 0.229 e. The van der Waals surface area contributed by atoms with Crippen molar-refractivity contribution in [2.75, 3.05) is 0 Å². The van der Waals surface area contributed by atoms with E-state index >= 15 is 0 Å². The first-order valence-electron chi connectivity index (χ1n) is 3.05. The fourth-order valence-electron chi connectivity index (χ4n) is 0.866. The highest BCUT2D eigenvalue weighted by Gasteiger charge is 2.01. The number of furan rings is 1. The minimum atomic E-state index is 0.278. The van der Waals surface area contributed by atoms with Crippen molar-refractivity contribution < 1.29 is 9.21 Å². The van der Waals surface area contributed by atoms with E-state index in [0.29, 0.717) is 12.0 Å². The normalized spacial score (nSPS) is 10.2. The molecule has 0 aliphatic rings. The summed E-state index contributed by atoms with van der Waals surface area (Å²) in [5.74, 6) is 0.278. The first-order chi connectivity index (χ1) is 5.40. The number of aromatic nitrogens is 2. The van der Waals surface area contributed by atoms with E-state index in [1.807, 2.05) is 0 Å². The Kier molecular flexibility index (Phi) is 1.18. The molecule has 0 radical (unpaired) electrons. The Morgan fingerprint density at radius 2 is 2.45 bits per heavy atom. The second-order valence-corrected chi connectivity index (χ2v) is 2.05. The molecule has 2 aromatic rings. The van der Waals surface area contributed by atoms with Crippen LogP contribution in [-0.2, 0) is 0 Å². The van der Waals surface area contributed by atoms with Gasteiger partial charge in [-0.2, -0.15) is 0 Å². The van der Waals surface area contributed by atoms with Gasteiger partial charge < -0.3 is 4.42 Å². The zero-order chi connectivity index (χ0) is 7.68. The van der Waals surface area contributed by atoms with Crippen molar-refractivity contribution in [2.45, 2.75) is 0 Å². The lowest BCUT2D eigenvalue weighted by atomic mass is 10.4. The van der Waals surface area contributed by atoms with Crippen molar-refractivity contribution in [1.82, 2.24) is 9.97 Å². The molecule has 0 bridgehead atoms. The summed E-state index contributed by atoms with van der Waals surface area (Å²) in [6, 6.07) is 1.60. The number of carbonyl (C=O) groups excluding carboxylic acids is 1. The molecule has 2 rings (SSSR count). The molecule has 0 spiro atoms. The lowest BCUT2D eigenvalue weighted by Gasteiger charge is -1.80. The van der Waals surface area contributed by atoms with E-state index in [1.165, 1.54) is 6.33 Å². The van der Waals surface area contributed by atoms with Gasteiger partial charge in [-0.15, -0.1) is 0 Å². The van der Waals surface area contributed by atoms with E-state index in [2.05, 4.69) is 9.97 Å². The van der Waals surface area contributed by atoms with Crippen LogP contribution in [0.1, 0.15) is 10.6 Å². The SMILES string of the molecule is O=Cc1cc2cncnc2o1. The molecule has 0 aromatic carbocycles. The summed E-state index contributed by atoms with van der Waals surface area (Å²) < 4.78 is 5.00. The summed E-state index contributed by atoms with van der Waals surface area (Å²) in [5, 5.41) is 0.745. The molecule has 0 aliphatic carbocycles. The maximum absolute atomic E-state index is 10.2. The molecule has 0 amide bonds. The lowest BCUT2D eigenvalue weighted by molar-refractivity contribution is 0.110. The number of rotatable bonds is 1. The van der Waals surface area contributed by atoms with Crippen molar-refractivity contribution in [1.29, 1.82) is 0 Å². The van der Waals surface area contributed by atoms with E-state index in [9.17, 15) is 4.79 Å². The van der Waals surface area contributed by atoms with E-state index < -0.39 is 0 Å². The molecule has 0 atom stereocenters. The van der Waals surface area contributed by atoms with E-state index in [4.69, 9.17) is 4.42 Å². The summed E-state index contributed by atoms with van der Waals surface area (Å²) in [6.07, 6.45) is 3.61. The Morgan fingerprint density at radius 3 is 3.18 bits per heavy atom. The molecule has 11 heavy (non-hydrogen) atoms. The molecule has 54 valence electrons. The third-order valence-electron chi connectivity index (χ3n) is 1.33. The third kappa shape index (κ3) is 0.881. The number of hydrogen-bond acceptors (Lipinski definition) is 4. The maximum atomic E-state index is 10.2. The second kappa shape index (κ2) is 2.16. The third-order valence-corrected chi connectivity index (χ3v) is 1.33.